The number of nitrogens with zero attached hydrogens (tertiary/aromatic N) is 3. The van der Waals surface area contributed by atoms with Crippen LogP contribution in [0.5, 0.6) is 5.75 Å². The highest BCUT2D eigenvalue weighted by Crippen LogP contribution is 2.12. The second-order valence-corrected chi connectivity index (χ2v) is 2.69. The van der Waals surface area contributed by atoms with E-state index in [2.05, 4.69) is 20.6 Å². The lowest BCUT2D eigenvalue weighted by atomic mass is 10.2. The average molecular weight is 188 g/mol. The molecular formula is C9H8N4O. The molecule has 0 aliphatic carbocycles. The zero-order valence-electron chi connectivity index (χ0n) is 7.34. The van der Waals surface area contributed by atoms with Crippen molar-refractivity contribution >= 4 is 0 Å². The van der Waals surface area contributed by atoms with Gasteiger partial charge < -0.3 is 4.74 Å². The Bertz CT molecular complexity index is 382. The molecule has 1 aromatic carbocycles. The minimum absolute atomic E-state index is 0.292. The Kier molecular flexibility index (Phi) is 2.40. The molecule has 5 heteroatoms. The van der Waals surface area contributed by atoms with E-state index in [1.165, 1.54) is 0 Å². The predicted molar refractivity (Wildman–Crippen MR) is 48.4 cm³/mol. The summed E-state index contributed by atoms with van der Waals surface area (Å²) >= 11 is 0. The van der Waals surface area contributed by atoms with Crippen LogP contribution in [0.3, 0.4) is 0 Å². The van der Waals surface area contributed by atoms with E-state index >= 15 is 0 Å². The summed E-state index contributed by atoms with van der Waals surface area (Å²) in [5, 5.41) is 13.3. The highest BCUT2D eigenvalue weighted by Gasteiger charge is 1.98. The van der Waals surface area contributed by atoms with Crippen LogP contribution in [0.2, 0.25) is 0 Å². The normalized spacial score (nSPS) is 10.1. The Morgan fingerprint density at radius 3 is 2.71 bits per heavy atom. The van der Waals surface area contributed by atoms with Crippen molar-refractivity contribution in [3.63, 3.8) is 0 Å². The molecule has 0 saturated carbocycles. The molecule has 0 amide bonds. The summed E-state index contributed by atoms with van der Waals surface area (Å²) in [4.78, 5) is 0. The Balaban J connectivity index is 1.95. The van der Waals surface area contributed by atoms with E-state index in [-0.39, 0.29) is 0 Å². The fourth-order valence-corrected chi connectivity index (χ4v) is 0.956. The third-order valence-corrected chi connectivity index (χ3v) is 1.64. The topological polar surface area (TPSA) is 63.7 Å². The lowest BCUT2D eigenvalue weighted by Crippen LogP contribution is -1.97. The average Bonchev–Trinajstić information content (AvgIpc) is 2.70. The van der Waals surface area contributed by atoms with Crippen molar-refractivity contribution in [1.29, 1.82) is 0 Å². The molecule has 2 rings (SSSR count). The van der Waals surface area contributed by atoms with Crippen LogP contribution in [0.25, 0.3) is 0 Å². The van der Waals surface area contributed by atoms with Gasteiger partial charge in [-0.2, -0.15) is 5.21 Å². The number of aromatic amines is 1. The van der Waals surface area contributed by atoms with Gasteiger partial charge in [0.1, 0.15) is 5.75 Å². The molecule has 0 saturated heterocycles. The minimum atomic E-state index is 0.292. The van der Waals surface area contributed by atoms with Crippen LogP contribution in [-0.2, 0) is 6.61 Å². The van der Waals surface area contributed by atoms with Crippen LogP contribution >= 0.6 is 0 Å². The predicted octanol–water partition coefficient (Wildman–Crippen LogP) is 0.838. The summed E-state index contributed by atoms with van der Waals surface area (Å²) < 4.78 is 5.36. The molecule has 1 N–H and O–H groups in total. The summed E-state index contributed by atoms with van der Waals surface area (Å²) in [6, 6.07) is 7.11. The van der Waals surface area contributed by atoms with Gasteiger partial charge in [-0.15, -0.1) is 10.2 Å². The molecule has 0 aliphatic heterocycles. The molecular weight excluding hydrogens is 180 g/mol. The maximum absolute atomic E-state index is 5.52. The molecule has 0 bridgehead atoms. The van der Waals surface area contributed by atoms with E-state index in [4.69, 9.17) is 11.7 Å². The molecule has 70 valence electrons. The smallest absolute Gasteiger partial charge is 0.211 e. The van der Waals surface area contributed by atoms with Gasteiger partial charge >= 0.3 is 0 Å². The van der Waals surface area contributed by atoms with Gasteiger partial charge in [-0.3, -0.25) is 0 Å². The highest BCUT2D eigenvalue weighted by molar-refractivity contribution is 5.28. The second kappa shape index (κ2) is 3.87. The second-order valence-electron chi connectivity index (χ2n) is 2.69. The molecule has 1 aromatic heterocycles. The van der Waals surface area contributed by atoms with Crippen LogP contribution in [-0.4, -0.2) is 20.6 Å². The molecule has 0 aliphatic rings. The number of rotatable bonds is 3. The maximum Gasteiger partial charge on any atom is 0.211 e. The Morgan fingerprint density at radius 2 is 2.07 bits per heavy atom. The van der Waals surface area contributed by atoms with E-state index in [1.807, 2.05) is 0 Å². The molecule has 1 heterocycles. The van der Waals surface area contributed by atoms with Gasteiger partial charge in [-0.25, -0.2) is 0 Å². The van der Waals surface area contributed by atoms with Gasteiger partial charge in [0.05, 0.1) is 0 Å². The van der Waals surface area contributed by atoms with Gasteiger partial charge in [0, 0.05) is 0 Å². The molecule has 0 unspecified atom stereocenters. The van der Waals surface area contributed by atoms with Crippen LogP contribution < -0.4 is 4.74 Å². The molecule has 14 heavy (non-hydrogen) atoms. The zero-order chi connectivity index (χ0) is 9.80. The summed E-state index contributed by atoms with van der Waals surface area (Å²) in [6.07, 6.45) is 0. The Labute approximate surface area is 81.1 Å². The van der Waals surface area contributed by atoms with Crippen molar-refractivity contribution in [2.75, 3.05) is 0 Å². The summed E-state index contributed by atoms with van der Waals surface area (Å²) in [5.41, 5.74) is 0.705. The highest BCUT2D eigenvalue weighted by atomic mass is 16.5. The fourth-order valence-electron chi connectivity index (χ4n) is 0.956. The van der Waals surface area contributed by atoms with Gasteiger partial charge in [0.25, 0.3) is 0 Å². The number of H-pyrrole nitrogens is 1. The first-order valence-electron chi connectivity index (χ1n) is 4.05. The fraction of sp³-hybridized carbons (Fsp3) is 0.111. The Hall–Kier alpha value is -1.91. The van der Waals surface area contributed by atoms with Crippen LogP contribution in [0.4, 0.5) is 0 Å². The summed E-state index contributed by atoms with van der Waals surface area (Å²) in [7, 11) is 0. The quantitative estimate of drug-likeness (QED) is 0.775. The van der Waals surface area contributed by atoms with E-state index in [0.29, 0.717) is 18.0 Å². The number of hydrogen-bond acceptors (Lipinski definition) is 4. The van der Waals surface area contributed by atoms with Crippen molar-refractivity contribution in [2.24, 2.45) is 0 Å². The lowest BCUT2D eigenvalue weighted by molar-refractivity contribution is 0.296. The Morgan fingerprint density at radius 1 is 1.29 bits per heavy atom. The van der Waals surface area contributed by atoms with Gasteiger partial charge in [-0.1, -0.05) is 17.3 Å². The largest absolute Gasteiger partial charge is 0.485 e. The standard InChI is InChI=1S/C9H8N4O/c1-7-2-4-8(5-3-7)14-6-9-10-12-13-11-9/h1-5H,6H2,(H,10,11,12,13). The molecule has 0 fully saturated rings. The number of benzene rings is 1. The van der Waals surface area contributed by atoms with Gasteiger partial charge in [0.2, 0.25) is 5.82 Å². The van der Waals surface area contributed by atoms with Crippen LogP contribution in [0.15, 0.2) is 24.3 Å². The molecule has 5 nitrogen and oxygen atoms in total. The molecule has 2 aromatic rings. The summed E-state index contributed by atoms with van der Waals surface area (Å²) in [6.45, 7) is 5.81. The molecule has 2 radical (unpaired) electrons. The number of nitrogens with one attached hydrogen (secondary N) is 1. The van der Waals surface area contributed by atoms with Crippen molar-refractivity contribution < 1.29 is 4.74 Å². The SMILES string of the molecule is [CH]c1ccc(OCc2nn[nH]n2)cc1. The van der Waals surface area contributed by atoms with Crippen molar-refractivity contribution in [2.45, 2.75) is 6.61 Å². The van der Waals surface area contributed by atoms with Crippen LogP contribution in [0, 0.1) is 6.92 Å². The van der Waals surface area contributed by atoms with Crippen molar-refractivity contribution in [3.05, 3.63) is 42.6 Å². The van der Waals surface area contributed by atoms with Crippen molar-refractivity contribution in [1.82, 2.24) is 20.6 Å². The van der Waals surface area contributed by atoms with Crippen molar-refractivity contribution in [3.8, 4) is 5.75 Å². The number of aromatic nitrogens is 4. The number of tetrazole rings is 1. The monoisotopic (exact) mass is 188 g/mol. The summed E-state index contributed by atoms with van der Waals surface area (Å²) in [5.74, 6) is 1.24. The van der Waals surface area contributed by atoms with E-state index in [0.717, 1.165) is 5.75 Å². The first kappa shape index (κ1) is 8.68. The van der Waals surface area contributed by atoms with E-state index in [9.17, 15) is 0 Å². The first-order valence-corrected chi connectivity index (χ1v) is 4.05. The van der Waals surface area contributed by atoms with Gasteiger partial charge in [0.15, 0.2) is 6.61 Å². The number of hydrogen-bond donors (Lipinski definition) is 1. The van der Waals surface area contributed by atoms with E-state index in [1.54, 1.807) is 24.3 Å². The first-order chi connectivity index (χ1) is 6.84. The number of ether oxygens (including phenoxy) is 1. The molecule has 0 atom stereocenters. The minimum Gasteiger partial charge on any atom is -0.485 e. The lowest BCUT2D eigenvalue weighted by Gasteiger charge is -2.02. The van der Waals surface area contributed by atoms with Crippen LogP contribution in [0.1, 0.15) is 11.4 Å². The zero-order valence-corrected chi connectivity index (χ0v) is 7.34. The maximum atomic E-state index is 5.52. The van der Waals surface area contributed by atoms with E-state index < -0.39 is 0 Å². The molecule has 0 spiro atoms. The third kappa shape index (κ3) is 2.07. The van der Waals surface area contributed by atoms with Gasteiger partial charge in [-0.05, 0) is 24.6 Å². The third-order valence-electron chi connectivity index (χ3n) is 1.64.